The van der Waals surface area contributed by atoms with Gasteiger partial charge in [0, 0.05) is 11.8 Å². The number of nitrogens with one attached hydrogen (secondary N) is 2. The van der Waals surface area contributed by atoms with Crippen LogP contribution in [-0.4, -0.2) is 27.6 Å². The van der Waals surface area contributed by atoms with Crippen molar-refractivity contribution in [2.45, 2.75) is 20.3 Å². The number of amides is 1. The van der Waals surface area contributed by atoms with Crippen LogP contribution in [0.3, 0.4) is 0 Å². The number of aryl methyl sites for hydroxylation is 2. The molecule has 1 amide bonds. The molecular weight excluding hydrogens is 286 g/mol. The maximum Gasteiger partial charge on any atom is 0.275 e. The van der Waals surface area contributed by atoms with E-state index in [1.54, 1.807) is 5.38 Å². The Morgan fingerprint density at radius 2 is 2.26 bits per heavy atom. The van der Waals surface area contributed by atoms with Gasteiger partial charge in [0.05, 0.1) is 22.1 Å². The zero-order chi connectivity index (χ0) is 13.1. The van der Waals surface area contributed by atoms with Crippen LogP contribution >= 0.6 is 23.7 Å². The number of nitrogens with zero attached hydrogens (tertiary/aromatic N) is 2. The molecule has 0 saturated heterocycles. The Morgan fingerprint density at radius 3 is 2.84 bits per heavy atom. The summed E-state index contributed by atoms with van der Waals surface area (Å²) in [5.41, 5.74) is 8.18. The lowest BCUT2D eigenvalue weighted by Crippen LogP contribution is -2.13. The highest BCUT2D eigenvalue weighted by Gasteiger charge is 2.14. The van der Waals surface area contributed by atoms with Crippen molar-refractivity contribution in [3.05, 3.63) is 27.5 Å². The number of H-pyrrole nitrogens is 1. The standard InChI is InChI=1S/C11H15N5OS.ClH/c1-6-10(7(2)16-15-6)14-11(17)8-5-18-9(13-8)3-4-12;/h5H,3-4,12H2,1-2H3,(H,14,17)(H,15,16);1H. The van der Waals surface area contributed by atoms with Crippen LogP contribution in [0.1, 0.15) is 26.9 Å². The predicted molar refractivity (Wildman–Crippen MR) is 78.1 cm³/mol. The Hall–Kier alpha value is -1.44. The minimum Gasteiger partial charge on any atom is -0.330 e. The monoisotopic (exact) mass is 301 g/mol. The first-order valence-electron chi connectivity index (χ1n) is 5.59. The Morgan fingerprint density at radius 1 is 1.53 bits per heavy atom. The lowest BCUT2D eigenvalue weighted by molar-refractivity contribution is 0.102. The van der Waals surface area contributed by atoms with E-state index in [2.05, 4.69) is 20.5 Å². The van der Waals surface area contributed by atoms with Gasteiger partial charge < -0.3 is 11.1 Å². The smallest absolute Gasteiger partial charge is 0.275 e. The molecule has 0 aromatic carbocycles. The van der Waals surface area contributed by atoms with Gasteiger partial charge >= 0.3 is 0 Å². The second-order valence-corrected chi connectivity index (χ2v) is 4.87. The van der Waals surface area contributed by atoms with Crippen LogP contribution in [0, 0.1) is 13.8 Å². The van der Waals surface area contributed by atoms with Gasteiger partial charge in [0.1, 0.15) is 5.69 Å². The average Bonchev–Trinajstić information content (AvgIpc) is 2.91. The van der Waals surface area contributed by atoms with Gasteiger partial charge in [-0.15, -0.1) is 23.7 Å². The van der Waals surface area contributed by atoms with Gasteiger partial charge in [-0.25, -0.2) is 4.98 Å². The average molecular weight is 302 g/mol. The van der Waals surface area contributed by atoms with Crippen molar-refractivity contribution in [2.24, 2.45) is 5.73 Å². The third-order valence-electron chi connectivity index (χ3n) is 2.51. The van der Waals surface area contributed by atoms with Gasteiger partial charge in [0.25, 0.3) is 5.91 Å². The van der Waals surface area contributed by atoms with Gasteiger partial charge in [0.2, 0.25) is 0 Å². The normalized spacial score (nSPS) is 10.1. The number of anilines is 1. The molecule has 0 bridgehead atoms. The summed E-state index contributed by atoms with van der Waals surface area (Å²) in [6, 6.07) is 0. The summed E-state index contributed by atoms with van der Waals surface area (Å²) in [5, 5.41) is 12.3. The highest BCUT2D eigenvalue weighted by molar-refractivity contribution is 7.09. The van der Waals surface area contributed by atoms with Crippen molar-refractivity contribution in [3.63, 3.8) is 0 Å². The van der Waals surface area contributed by atoms with Crippen molar-refractivity contribution in [1.29, 1.82) is 0 Å². The third-order valence-corrected chi connectivity index (χ3v) is 3.42. The van der Waals surface area contributed by atoms with E-state index >= 15 is 0 Å². The molecule has 0 aliphatic carbocycles. The topological polar surface area (TPSA) is 96.7 Å². The second-order valence-electron chi connectivity index (χ2n) is 3.93. The molecule has 0 spiro atoms. The summed E-state index contributed by atoms with van der Waals surface area (Å²) in [5.74, 6) is -0.220. The number of hydrogen-bond donors (Lipinski definition) is 3. The molecule has 0 saturated carbocycles. The Kier molecular flexibility index (Phi) is 5.46. The van der Waals surface area contributed by atoms with Gasteiger partial charge in [-0.1, -0.05) is 0 Å². The molecule has 8 heteroatoms. The Balaban J connectivity index is 0.00000180. The number of carbonyl (C=O) groups is 1. The van der Waals surface area contributed by atoms with Gasteiger partial charge in [-0.3, -0.25) is 9.89 Å². The number of aromatic amines is 1. The molecule has 104 valence electrons. The number of halogens is 1. The first-order valence-corrected chi connectivity index (χ1v) is 6.47. The van der Waals surface area contributed by atoms with Crippen LogP contribution in [-0.2, 0) is 6.42 Å². The molecule has 0 unspecified atom stereocenters. The number of hydrogen-bond acceptors (Lipinski definition) is 5. The van der Waals surface area contributed by atoms with Crippen molar-refractivity contribution >= 4 is 35.3 Å². The summed E-state index contributed by atoms with van der Waals surface area (Å²) < 4.78 is 0. The molecule has 2 aromatic heterocycles. The lowest BCUT2D eigenvalue weighted by Gasteiger charge is -2.02. The van der Waals surface area contributed by atoms with Crippen molar-refractivity contribution in [1.82, 2.24) is 15.2 Å². The zero-order valence-electron chi connectivity index (χ0n) is 10.7. The summed E-state index contributed by atoms with van der Waals surface area (Å²) in [7, 11) is 0. The maximum absolute atomic E-state index is 12.0. The van der Waals surface area contributed by atoms with E-state index in [-0.39, 0.29) is 18.3 Å². The third kappa shape index (κ3) is 3.52. The quantitative estimate of drug-likeness (QED) is 0.800. The molecule has 0 aliphatic heterocycles. The fraction of sp³-hybridized carbons (Fsp3) is 0.364. The highest BCUT2D eigenvalue weighted by atomic mass is 35.5. The Bertz CT molecular complexity index is 546. The molecule has 6 nitrogen and oxygen atoms in total. The van der Waals surface area contributed by atoms with Crippen molar-refractivity contribution < 1.29 is 4.79 Å². The lowest BCUT2D eigenvalue weighted by atomic mass is 10.3. The summed E-state index contributed by atoms with van der Waals surface area (Å²) >= 11 is 1.45. The summed E-state index contributed by atoms with van der Waals surface area (Å²) in [4.78, 5) is 16.2. The summed E-state index contributed by atoms with van der Waals surface area (Å²) in [6.45, 7) is 4.23. The summed E-state index contributed by atoms with van der Waals surface area (Å²) in [6.07, 6.45) is 0.696. The van der Waals surface area contributed by atoms with Crippen LogP contribution in [0.25, 0.3) is 0 Å². The molecule has 4 N–H and O–H groups in total. The van der Waals surface area contributed by atoms with Crippen LogP contribution in [0.5, 0.6) is 0 Å². The van der Waals surface area contributed by atoms with E-state index < -0.39 is 0 Å². The van der Waals surface area contributed by atoms with Crippen LogP contribution in [0.2, 0.25) is 0 Å². The number of aromatic nitrogens is 3. The molecule has 19 heavy (non-hydrogen) atoms. The molecule has 2 rings (SSSR count). The molecule has 0 aliphatic rings. The molecular formula is C11H16ClN5OS. The van der Waals surface area contributed by atoms with E-state index in [1.165, 1.54) is 11.3 Å². The minimum absolute atomic E-state index is 0. The largest absolute Gasteiger partial charge is 0.330 e. The first-order chi connectivity index (χ1) is 8.61. The van der Waals surface area contributed by atoms with E-state index in [0.29, 0.717) is 24.3 Å². The minimum atomic E-state index is -0.220. The second kappa shape index (κ2) is 6.65. The number of thiazole rings is 1. The predicted octanol–water partition coefficient (Wildman–Crippen LogP) is 1.66. The molecule has 0 fully saturated rings. The Labute approximate surface area is 121 Å². The van der Waals surface area contributed by atoms with Gasteiger partial charge in [0.15, 0.2) is 0 Å². The SMILES string of the molecule is Cc1n[nH]c(C)c1NC(=O)c1csc(CCN)n1.Cl. The van der Waals surface area contributed by atoms with Crippen LogP contribution in [0.4, 0.5) is 5.69 Å². The van der Waals surface area contributed by atoms with E-state index in [4.69, 9.17) is 5.73 Å². The molecule has 0 atom stereocenters. The van der Waals surface area contributed by atoms with Gasteiger partial charge in [-0.05, 0) is 20.4 Å². The molecule has 2 aromatic rings. The van der Waals surface area contributed by atoms with Gasteiger partial charge in [-0.2, -0.15) is 5.10 Å². The first kappa shape index (κ1) is 15.6. The van der Waals surface area contributed by atoms with E-state index in [0.717, 1.165) is 16.4 Å². The molecule has 0 radical (unpaired) electrons. The van der Waals surface area contributed by atoms with Crippen LogP contribution in [0.15, 0.2) is 5.38 Å². The van der Waals surface area contributed by atoms with Crippen molar-refractivity contribution in [2.75, 3.05) is 11.9 Å². The number of rotatable bonds is 4. The highest BCUT2D eigenvalue weighted by Crippen LogP contribution is 2.18. The van der Waals surface area contributed by atoms with E-state index in [9.17, 15) is 4.79 Å². The van der Waals surface area contributed by atoms with E-state index in [1.807, 2.05) is 13.8 Å². The fourth-order valence-electron chi connectivity index (χ4n) is 1.57. The fourth-order valence-corrected chi connectivity index (χ4v) is 2.36. The van der Waals surface area contributed by atoms with Crippen LogP contribution < -0.4 is 11.1 Å². The number of nitrogens with two attached hydrogens (primary N) is 1. The molecule has 2 heterocycles. The van der Waals surface area contributed by atoms with Crippen molar-refractivity contribution in [3.8, 4) is 0 Å². The maximum atomic E-state index is 12.0. The zero-order valence-corrected chi connectivity index (χ0v) is 12.3. The number of carbonyl (C=O) groups excluding carboxylic acids is 1.